The van der Waals surface area contributed by atoms with Crippen LogP contribution in [-0.2, 0) is 14.3 Å². The van der Waals surface area contributed by atoms with E-state index in [-0.39, 0.29) is 12.5 Å². The predicted molar refractivity (Wildman–Crippen MR) is 148 cm³/mol. The first-order valence-electron chi connectivity index (χ1n) is 13.7. The third-order valence-electron chi connectivity index (χ3n) is 6.95. The van der Waals surface area contributed by atoms with E-state index in [2.05, 4.69) is 20.8 Å². The van der Waals surface area contributed by atoms with E-state index in [0.29, 0.717) is 36.5 Å². The fourth-order valence-corrected chi connectivity index (χ4v) is 4.97. The number of aromatic nitrogens is 2. The summed E-state index contributed by atoms with van der Waals surface area (Å²) in [5, 5.41) is 0. The predicted octanol–water partition coefficient (Wildman–Crippen LogP) is 5.78. The minimum atomic E-state index is -1.06. The van der Waals surface area contributed by atoms with Crippen molar-refractivity contribution in [1.29, 1.82) is 0 Å². The topological polar surface area (TPSA) is 82.9 Å². The van der Waals surface area contributed by atoms with Crippen molar-refractivity contribution in [2.45, 2.75) is 59.4 Å². The van der Waals surface area contributed by atoms with E-state index in [9.17, 15) is 9.59 Å². The summed E-state index contributed by atoms with van der Waals surface area (Å²) in [6.45, 7) is 9.43. The third kappa shape index (κ3) is 5.49. The quantitative estimate of drug-likeness (QED) is 0.171. The molecule has 0 saturated carbocycles. The van der Waals surface area contributed by atoms with Crippen LogP contribution in [0.4, 0.5) is 5.95 Å². The first kappa shape index (κ1) is 27.5. The van der Waals surface area contributed by atoms with Gasteiger partial charge in [0.05, 0.1) is 37.4 Å². The summed E-state index contributed by atoms with van der Waals surface area (Å²) in [7, 11) is 1.59. The van der Waals surface area contributed by atoms with Crippen LogP contribution < -0.4 is 14.4 Å². The average molecular weight is 522 g/mol. The number of carbonyl (C=O) groups is 2. The van der Waals surface area contributed by atoms with Gasteiger partial charge in [-0.2, -0.15) is 0 Å². The second-order valence-corrected chi connectivity index (χ2v) is 10.1. The van der Waals surface area contributed by atoms with Crippen molar-refractivity contribution in [2.75, 3.05) is 31.8 Å². The van der Waals surface area contributed by atoms with Crippen molar-refractivity contribution in [2.24, 2.45) is 11.8 Å². The number of amides is 1. The molecule has 0 bridgehead atoms. The number of anilines is 1. The summed E-state index contributed by atoms with van der Waals surface area (Å²) >= 11 is 0. The van der Waals surface area contributed by atoms with Gasteiger partial charge in [0, 0.05) is 6.54 Å². The van der Waals surface area contributed by atoms with Gasteiger partial charge in [0.15, 0.2) is 17.4 Å². The number of fused-ring (bicyclic) bond motifs is 3. The van der Waals surface area contributed by atoms with Gasteiger partial charge in [0.25, 0.3) is 0 Å². The number of hydrogen-bond acceptors (Lipinski definition) is 6. The van der Waals surface area contributed by atoms with E-state index < -0.39 is 17.9 Å². The molecule has 8 nitrogen and oxygen atoms in total. The highest BCUT2D eigenvalue weighted by molar-refractivity contribution is 6.08. The molecule has 2 heterocycles. The molecule has 2 aromatic carbocycles. The smallest absolute Gasteiger partial charge is 0.321 e. The second kappa shape index (κ2) is 12.3. The van der Waals surface area contributed by atoms with Gasteiger partial charge in [0.1, 0.15) is 0 Å². The summed E-state index contributed by atoms with van der Waals surface area (Å²) in [5.41, 5.74) is 2.37. The maximum absolute atomic E-state index is 14.0. The Balaban J connectivity index is 1.85. The third-order valence-corrected chi connectivity index (χ3v) is 6.95. The molecule has 1 aromatic heterocycles. The van der Waals surface area contributed by atoms with E-state index in [1.165, 1.54) is 0 Å². The molecule has 1 aliphatic heterocycles. The molecule has 8 heteroatoms. The van der Waals surface area contributed by atoms with Gasteiger partial charge < -0.3 is 18.8 Å². The maximum atomic E-state index is 14.0. The zero-order chi connectivity index (χ0) is 27.2. The van der Waals surface area contributed by atoms with E-state index in [1.807, 2.05) is 47.0 Å². The van der Waals surface area contributed by atoms with E-state index in [4.69, 9.17) is 19.2 Å². The minimum Gasteiger partial charge on any atom is -0.493 e. The molecule has 38 heavy (non-hydrogen) atoms. The highest BCUT2D eigenvalue weighted by Gasteiger charge is 2.47. The Bertz CT molecular complexity index is 1270. The Morgan fingerprint density at radius 2 is 1.87 bits per heavy atom. The van der Waals surface area contributed by atoms with Gasteiger partial charge in [-0.1, -0.05) is 51.8 Å². The molecule has 3 aromatic rings. The van der Waals surface area contributed by atoms with Gasteiger partial charge in [-0.15, -0.1) is 0 Å². The number of methoxy groups -OCH3 is 1. The zero-order valence-electron chi connectivity index (χ0n) is 23.1. The molecule has 0 fully saturated rings. The van der Waals surface area contributed by atoms with E-state index in [1.54, 1.807) is 18.9 Å². The van der Waals surface area contributed by atoms with Crippen molar-refractivity contribution >= 4 is 28.9 Å². The Morgan fingerprint density at radius 3 is 2.58 bits per heavy atom. The zero-order valence-corrected chi connectivity index (χ0v) is 23.1. The number of esters is 1. The number of ether oxygens (including phenoxy) is 3. The van der Waals surface area contributed by atoms with Gasteiger partial charge >= 0.3 is 5.97 Å². The average Bonchev–Trinajstić information content (AvgIpc) is 3.28. The molecule has 204 valence electrons. The molecule has 2 atom stereocenters. The number of unbranched alkanes of at least 4 members (excludes halogenated alkanes) is 2. The second-order valence-electron chi connectivity index (χ2n) is 10.1. The van der Waals surface area contributed by atoms with Crippen molar-refractivity contribution in [1.82, 2.24) is 9.55 Å². The molecule has 0 unspecified atom stereocenters. The molecule has 0 radical (unpaired) electrons. The maximum Gasteiger partial charge on any atom is 0.321 e. The Morgan fingerprint density at radius 1 is 1.08 bits per heavy atom. The molecule has 0 saturated heterocycles. The first-order valence-corrected chi connectivity index (χ1v) is 13.7. The van der Waals surface area contributed by atoms with Crippen molar-refractivity contribution in [3.05, 3.63) is 48.0 Å². The van der Waals surface area contributed by atoms with Crippen molar-refractivity contribution in [3.8, 4) is 11.5 Å². The number of para-hydroxylation sites is 2. The fraction of sp³-hybridized carbons (Fsp3) is 0.500. The summed E-state index contributed by atoms with van der Waals surface area (Å²) in [5.74, 6) is 0.368. The molecule has 0 aliphatic carbocycles. The number of imidazole rings is 1. The Labute approximate surface area is 224 Å². The monoisotopic (exact) mass is 521 g/mol. The lowest BCUT2D eigenvalue weighted by molar-refractivity contribution is -0.153. The van der Waals surface area contributed by atoms with Crippen LogP contribution in [0.15, 0.2) is 42.5 Å². The first-order chi connectivity index (χ1) is 18.4. The molecule has 1 amide bonds. The highest BCUT2D eigenvalue weighted by atomic mass is 16.5. The van der Waals surface area contributed by atoms with Crippen LogP contribution in [0.3, 0.4) is 0 Å². The number of rotatable bonds is 12. The number of nitrogens with zero attached hydrogens (tertiary/aromatic N) is 3. The standard InChI is InChI=1S/C30H39N3O5/c1-6-8-11-17-32-28(34)26(29(35)37-7-2)27(33-23-13-10-9-12-22(23)31-30(32)33)21-14-15-24(25(19-21)36-5)38-18-16-20(3)4/h9-10,12-15,19-20,26-27H,6-8,11,16-18H2,1-5H3/t26-,27-/m0/s1. The normalized spacial score (nSPS) is 17.1. The van der Waals surface area contributed by atoms with Crippen LogP contribution >= 0.6 is 0 Å². The lowest BCUT2D eigenvalue weighted by atomic mass is 9.89. The Kier molecular flexibility index (Phi) is 8.92. The van der Waals surface area contributed by atoms with Gasteiger partial charge in [-0.05, 0) is 55.5 Å². The molecular weight excluding hydrogens is 482 g/mol. The summed E-state index contributed by atoms with van der Waals surface area (Å²) in [6.07, 6.45) is 3.74. The highest BCUT2D eigenvalue weighted by Crippen LogP contribution is 2.43. The van der Waals surface area contributed by atoms with Crippen LogP contribution in [0.25, 0.3) is 11.0 Å². The Hall–Kier alpha value is -3.55. The molecular formula is C30H39N3O5. The van der Waals surface area contributed by atoms with Crippen LogP contribution in [-0.4, -0.2) is 48.3 Å². The van der Waals surface area contributed by atoms with Crippen LogP contribution in [0, 0.1) is 11.8 Å². The van der Waals surface area contributed by atoms with E-state index >= 15 is 0 Å². The molecule has 1 aliphatic rings. The summed E-state index contributed by atoms with van der Waals surface area (Å²) in [4.78, 5) is 33.9. The fourth-order valence-electron chi connectivity index (χ4n) is 4.97. The largest absolute Gasteiger partial charge is 0.493 e. The summed E-state index contributed by atoms with van der Waals surface area (Å²) in [6, 6.07) is 12.7. The van der Waals surface area contributed by atoms with Crippen LogP contribution in [0.1, 0.15) is 65.0 Å². The molecule has 0 N–H and O–H groups in total. The van der Waals surface area contributed by atoms with Gasteiger partial charge in [-0.25, -0.2) is 4.98 Å². The van der Waals surface area contributed by atoms with Crippen LogP contribution in [0.2, 0.25) is 0 Å². The summed E-state index contributed by atoms with van der Waals surface area (Å²) < 4.78 is 19.2. The van der Waals surface area contributed by atoms with Crippen molar-refractivity contribution < 1.29 is 23.8 Å². The number of benzene rings is 2. The van der Waals surface area contributed by atoms with Gasteiger partial charge in [0.2, 0.25) is 11.9 Å². The minimum absolute atomic E-state index is 0.189. The van der Waals surface area contributed by atoms with Crippen molar-refractivity contribution in [3.63, 3.8) is 0 Å². The molecule has 4 rings (SSSR count). The lowest BCUT2D eigenvalue weighted by Crippen LogP contribution is -2.50. The SMILES string of the molecule is CCCCCN1C(=O)[C@@H](C(=O)OCC)[C@H](c2ccc(OCCC(C)C)c(OC)c2)n2c1nc1ccccc12. The lowest BCUT2D eigenvalue weighted by Gasteiger charge is -2.38. The number of carbonyl (C=O) groups excluding carboxylic acids is 2. The molecule has 0 spiro atoms. The van der Waals surface area contributed by atoms with Crippen LogP contribution in [0.5, 0.6) is 11.5 Å². The number of hydrogen-bond donors (Lipinski definition) is 0. The van der Waals surface area contributed by atoms with E-state index in [0.717, 1.165) is 42.3 Å². The van der Waals surface area contributed by atoms with Gasteiger partial charge in [-0.3, -0.25) is 14.5 Å².